The van der Waals surface area contributed by atoms with Gasteiger partial charge in [0.05, 0.1) is 46.9 Å². The van der Waals surface area contributed by atoms with Crippen molar-refractivity contribution < 1.29 is 19.1 Å². The van der Waals surface area contributed by atoms with Gasteiger partial charge in [0.15, 0.2) is 5.75 Å². The highest BCUT2D eigenvalue weighted by Crippen LogP contribution is 2.50. The number of pyridine rings is 1. The van der Waals surface area contributed by atoms with E-state index < -0.39 is 11.9 Å². The van der Waals surface area contributed by atoms with Crippen LogP contribution in [0.1, 0.15) is 28.9 Å². The van der Waals surface area contributed by atoms with E-state index in [4.69, 9.17) is 10.5 Å². The van der Waals surface area contributed by atoms with Crippen LogP contribution in [0.15, 0.2) is 67.9 Å². The third kappa shape index (κ3) is 4.24. The van der Waals surface area contributed by atoms with Gasteiger partial charge in [-0.2, -0.15) is 0 Å². The number of primary amides is 1. The first-order chi connectivity index (χ1) is 19.0. The summed E-state index contributed by atoms with van der Waals surface area (Å²) < 4.78 is 5.81. The number of anilines is 3. The molecule has 196 valence electrons. The third-order valence-corrected chi connectivity index (χ3v) is 7.94. The maximum Gasteiger partial charge on any atom is 0.334 e. The average Bonchev–Trinajstić information content (AvgIpc) is 3.56. The number of nitrogens with one attached hydrogen (secondary N) is 1. The zero-order valence-electron chi connectivity index (χ0n) is 20.6. The Morgan fingerprint density at radius 2 is 1.90 bits per heavy atom. The fourth-order valence-electron chi connectivity index (χ4n) is 5.24. The third-order valence-electron chi connectivity index (χ3n) is 6.84. The second-order valence-electron chi connectivity index (χ2n) is 9.13. The van der Waals surface area contributed by atoms with Crippen molar-refractivity contribution in [2.24, 2.45) is 5.73 Å². The largest absolute Gasteiger partial charge is 0.454 e. The predicted octanol–water partition coefficient (Wildman–Crippen LogP) is 4.28. The van der Waals surface area contributed by atoms with Crippen LogP contribution in [0.2, 0.25) is 0 Å². The molecule has 0 radical (unpaired) electrons. The zero-order chi connectivity index (χ0) is 27.1. The van der Waals surface area contributed by atoms with Crippen LogP contribution in [0, 0.1) is 0 Å². The van der Waals surface area contributed by atoms with Crippen molar-refractivity contribution >= 4 is 56.5 Å². The quantitative estimate of drug-likeness (QED) is 0.332. The molecule has 1 saturated carbocycles. The number of carbonyl (C=O) groups is 3. The first kappa shape index (κ1) is 24.5. The summed E-state index contributed by atoms with van der Waals surface area (Å²) in [5, 5.41) is 3.62. The molecule has 0 unspecified atom stereocenters. The molecule has 4 aromatic rings. The molecule has 1 aromatic carbocycles. The van der Waals surface area contributed by atoms with Gasteiger partial charge in [0, 0.05) is 6.20 Å². The summed E-state index contributed by atoms with van der Waals surface area (Å²) in [4.78, 5) is 55.5. The molecule has 4 amide bonds. The van der Waals surface area contributed by atoms with Gasteiger partial charge in [-0.15, -0.1) is 11.3 Å². The number of aromatic nitrogens is 3. The lowest BCUT2D eigenvalue weighted by Gasteiger charge is -2.40. The minimum Gasteiger partial charge on any atom is -0.454 e. The fraction of sp³-hybridized carbons (Fsp3) is 0.185. The van der Waals surface area contributed by atoms with Gasteiger partial charge in [0.1, 0.15) is 21.8 Å². The van der Waals surface area contributed by atoms with Crippen LogP contribution in [0.5, 0.6) is 11.5 Å². The fourth-order valence-corrected chi connectivity index (χ4v) is 6.24. The molecule has 1 aliphatic carbocycles. The van der Waals surface area contributed by atoms with E-state index in [0.29, 0.717) is 51.6 Å². The highest BCUT2D eigenvalue weighted by atomic mass is 32.1. The van der Waals surface area contributed by atoms with E-state index in [1.165, 1.54) is 12.4 Å². The van der Waals surface area contributed by atoms with E-state index in [9.17, 15) is 14.4 Å². The van der Waals surface area contributed by atoms with Crippen molar-refractivity contribution in [3.8, 4) is 11.5 Å². The van der Waals surface area contributed by atoms with Gasteiger partial charge in [-0.25, -0.2) is 19.7 Å². The van der Waals surface area contributed by atoms with Gasteiger partial charge in [0.2, 0.25) is 5.91 Å². The lowest BCUT2D eigenvalue weighted by Crippen LogP contribution is -2.55. The number of nitrogens with zero attached hydrogens (tertiary/aromatic N) is 5. The molecule has 0 saturated heterocycles. The van der Waals surface area contributed by atoms with E-state index in [1.54, 1.807) is 58.7 Å². The normalized spacial score (nSPS) is 18.3. The van der Waals surface area contributed by atoms with Crippen molar-refractivity contribution in [2.45, 2.75) is 31.3 Å². The monoisotopic (exact) mass is 541 g/mol. The number of nitrogens with two attached hydrogens (primary N) is 1. The molecule has 3 N–H and O–H groups in total. The van der Waals surface area contributed by atoms with E-state index in [0.717, 1.165) is 17.8 Å². The van der Waals surface area contributed by atoms with Gasteiger partial charge in [0.25, 0.3) is 5.91 Å². The van der Waals surface area contributed by atoms with Crippen LogP contribution in [-0.2, 0) is 4.79 Å². The Hall–Kier alpha value is -4.84. The summed E-state index contributed by atoms with van der Waals surface area (Å²) in [7, 11) is 0. The smallest absolute Gasteiger partial charge is 0.334 e. The molecule has 2 atom stereocenters. The van der Waals surface area contributed by atoms with Crippen LogP contribution in [0.4, 0.5) is 21.9 Å². The van der Waals surface area contributed by atoms with Gasteiger partial charge < -0.3 is 15.8 Å². The number of hydrogen-bond acceptors (Lipinski definition) is 8. The Kier molecular flexibility index (Phi) is 6.15. The van der Waals surface area contributed by atoms with Crippen LogP contribution < -0.4 is 25.6 Å². The molecule has 0 bridgehead atoms. The minimum atomic E-state index is -0.638. The van der Waals surface area contributed by atoms with Crippen molar-refractivity contribution in [3.05, 3.63) is 72.8 Å². The highest BCUT2D eigenvalue weighted by molar-refractivity contribution is 7.21. The number of hydrogen-bond donors (Lipinski definition) is 2. The Morgan fingerprint density at radius 1 is 1.13 bits per heavy atom. The van der Waals surface area contributed by atoms with Crippen molar-refractivity contribution in [1.82, 2.24) is 20.3 Å². The summed E-state index contributed by atoms with van der Waals surface area (Å²) in [6.45, 7) is 3.54. The molecule has 6 rings (SSSR count). The predicted molar refractivity (Wildman–Crippen MR) is 146 cm³/mol. The molecule has 12 heteroatoms. The summed E-state index contributed by atoms with van der Waals surface area (Å²) in [6.07, 6.45) is 9.46. The minimum absolute atomic E-state index is 0.257. The van der Waals surface area contributed by atoms with Crippen molar-refractivity contribution in [3.63, 3.8) is 0 Å². The van der Waals surface area contributed by atoms with E-state index >= 15 is 0 Å². The standard InChI is InChI=1S/C27H23N7O4S/c1-2-21(35)32-18-4-3-5-19(18)34-23-22-20(10-11-31-26(22)39-24(23)25(28)36)33(27(34)37)15-6-8-16(9-7-15)38-17-12-29-14-30-13-17/h2,6-14,18-19H,1,3-5H2,(H2,28,36)(H,32,35)/t18-,19+/m0/s1. The summed E-state index contributed by atoms with van der Waals surface area (Å²) in [6, 6.07) is 7.73. The first-order valence-corrected chi connectivity index (χ1v) is 13.1. The van der Waals surface area contributed by atoms with Gasteiger partial charge in [-0.1, -0.05) is 6.58 Å². The number of ether oxygens (including phenoxy) is 1. The Morgan fingerprint density at radius 3 is 2.62 bits per heavy atom. The van der Waals surface area contributed by atoms with Gasteiger partial charge in [-0.05, 0) is 55.7 Å². The molecule has 1 fully saturated rings. The SMILES string of the molecule is C=CC(=O)N[C@H]1CCC[C@H]1N1C(=O)N(c2ccc(Oc3cncnc3)cc2)c2ccnc3sc(C(N)=O)c1c23. The Balaban J connectivity index is 1.46. The molecule has 4 heterocycles. The first-order valence-electron chi connectivity index (χ1n) is 12.3. The highest BCUT2D eigenvalue weighted by Gasteiger charge is 2.45. The molecule has 1 aliphatic heterocycles. The van der Waals surface area contributed by atoms with Crippen LogP contribution in [0.25, 0.3) is 10.2 Å². The van der Waals surface area contributed by atoms with E-state index in [1.807, 2.05) is 0 Å². The number of amides is 4. The second-order valence-corrected chi connectivity index (χ2v) is 10.1. The molecule has 0 spiro atoms. The van der Waals surface area contributed by atoms with Crippen molar-refractivity contribution in [2.75, 3.05) is 9.80 Å². The lowest BCUT2D eigenvalue weighted by molar-refractivity contribution is -0.117. The zero-order valence-corrected chi connectivity index (χ0v) is 21.4. The Labute approximate surface area is 226 Å². The second kappa shape index (κ2) is 9.80. The Bertz CT molecular complexity index is 1610. The maximum atomic E-state index is 14.4. The van der Waals surface area contributed by atoms with Crippen LogP contribution >= 0.6 is 11.3 Å². The van der Waals surface area contributed by atoms with E-state index in [2.05, 4.69) is 26.8 Å². The summed E-state index contributed by atoms with van der Waals surface area (Å²) in [5.74, 6) is 0.0728. The molecule has 11 nitrogen and oxygen atoms in total. The van der Waals surface area contributed by atoms with Crippen LogP contribution in [0.3, 0.4) is 0 Å². The summed E-state index contributed by atoms with van der Waals surface area (Å²) in [5.41, 5.74) is 7.41. The number of thiophene rings is 1. The van der Waals surface area contributed by atoms with Gasteiger partial charge in [-0.3, -0.25) is 19.4 Å². The van der Waals surface area contributed by atoms with E-state index in [-0.39, 0.29) is 22.9 Å². The number of rotatable bonds is 7. The van der Waals surface area contributed by atoms with Gasteiger partial charge >= 0.3 is 6.03 Å². The molecule has 39 heavy (non-hydrogen) atoms. The number of benzene rings is 1. The lowest BCUT2D eigenvalue weighted by atomic mass is 10.0. The molecular weight excluding hydrogens is 518 g/mol. The molecule has 2 aliphatic rings. The molecule has 3 aromatic heterocycles. The number of carbonyl (C=O) groups excluding carboxylic acids is 3. The average molecular weight is 542 g/mol. The topological polar surface area (TPSA) is 144 Å². The summed E-state index contributed by atoms with van der Waals surface area (Å²) >= 11 is 1.15. The molecular formula is C27H23N7O4S. The number of urea groups is 1. The van der Waals surface area contributed by atoms with Crippen molar-refractivity contribution in [1.29, 1.82) is 0 Å². The maximum absolute atomic E-state index is 14.4. The van der Waals surface area contributed by atoms with Crippen LogP contribution in [-0.4, -0.2) is 44.9 Å².